The first-order chi connectivity index (χ1) is 16.5. The van der Waals surface area contributed by atoms with Crippen LogP contribution in [0.25, 0.3) is 17.1 Å². The molecule has 0 saturated carbocycles. The standard InChI is InChI=1S/C25H22FN5O2S/c1-2-27-24(33)18-9-6-10-20(15-18)28-22(32)16-34-25-30-29-23(17-7-4-3-5-8-17)31(25)21-13-11-19(26)12-14-21/h3-15H,2,16H2,1H3,(H,27,33)(H,28,32). The summed E-state index contributed by atoms with van der Waals surface area (Å²) in [5, 5.41) is 14.6. The second-order valence-corrected chi connectivity index (χ2v) is 8.20. The Hall–Kier alpha value is -3.98. The van der Waals surface area contributed by atoms with E-state index in [1.165, 1.54) is 23.9 Å². The number of nitrogens with one attached hydrogen (secondary N) is 2. The van der Waals surface area contributed by atoms with Gasteiger partial charge in [0.05, 0.1) is 5.75 Å². The van der Waals surface area contributed by atoms with Crippen molar-refractivity contribution in [1.29, 1.82) is 0 Å². The average Bonchev–Trinajstić information content (AvgIpc) is 3.28. The highest BCUT2D eigenvalue weighted by Gasteiger charge is 2.17. The van der Waals surface area contributed by atoms with Gasteiger partial charge >= 0.3 is 0 Å². The number of hydrogen-bond donors (Lipinski definition) is 2. The molecule has 7 nitrogen and oxygen atoms in total. The fourth-order valence-corrected chi connectivity index (χ4v) is 4.04. The molecule has 0 aliphatic heterocycles. The highest BCUT2D eigenvalue weighted by molar-refractivity contribution is 7.99. The summed E-state index contributed by atoms with van der Waals surface area (Å²) in [6.07, 6.45) is 0. The molecule has 0 unspecified atom stereocenters. The lowest BCUT2D eigenvalue weighted by Crippen LogP contribution is -2.23. The molecule has 34 heavy (non-hydrogen) atoms. The van der Waals surface area contributed by atoms with E-state index in [4.69, 9.17) is 0 Å². The molecule has 0 aliphatic carbocycles. The summed E-state index contributed by atoms with van der Waals surface area (Å²) in [7, 11) is 0. The van der Waals surface area contributed by atoms with Crippen LogP contribution < -0.4 is 10.6 Å². The molecule has 1 heterocycles. The van der Waals surface area contributed by atoms with Crippen molar-refractivity contribution in [3.05, 3.63) is 90.2 Å². The van der Waals surface area contributed by atoms with Crippen LogP contribution in [0.5, 0.6) is 0 Å². The minimum Gasteiger partial charge on any atom is -0.352 e. The van der Waals surface area contributed by atoms with E-state index in [0.717, 1.165) is 5.56 Å². The van der Waals surface area contributed by atoms with E-state index in [-0.39, 0.29) is 23.4 Å². The maximum absolute atomic E-state index is 13.5. The molecule has 0 spiro atoms. The van der Waals surface area contributed by atoms with Crippen molar-refractivity contribution in [2.45, 2.75) is 12.1 Å². The number of anilines is 1. The number of carbonyl (C=O) groups excluding carboxylic acids is 2. The van der Waals surface area contributed by atoms with Crippen LogP contribution in [0.2, 0.25) is 0 Å². The topological polar surface area (TPSA) is 88.9 Å². The van der Waals surface area contributed by atoms with Crippen LogP contribution in [0.1, 0.15) is 17.3 Å². The van der Waals surface area contributed by atoms with Gasteiger partial charge < -0.3 is 10.6 Å². The molecule has 0 aliphatic rings. The van der Waals surface area contributed by atoms with E-state index in [9.17, 15) is 14.0 Å². The van der Waals surface area contributed by atoms with Crippen molar-refractivity contribution in [2.24, 2.45) is 0 Å². The van der Waals surface area contributed by atoms with Crippen LogP contribution in [0.3, 0.4) is 0 Å². The first-order valence-corrected chi connectivity index (χ1v) is 11.6. The summed E-state index contributed by atoms with van der Waals surface area (Å²) >= 11 is 1.21. The summed E-state index contributed by atoms with van der Waals surface area (Å²) in [5.41, 5.74) is 2.52. The number of aromatic nitrogens is 3. The Labute approximate surface area is 200 Å². The third kappa shape index (κ3) is 5.49. The second-order valence-electron chi connectivity index (χ2n) is 7.26. The van der Waals surface area contributed by atoms with Crippen LogP contribution in [-0.2, 0) is 4.79 Å². The van der Waals surface area contributed by atoms with Gasteiger partial charge in [-0.1, -0.05) is 48.2 Å². The van der Waals surface area contributed by atoms with Crippen LogP contribution in [-0.4, -0.2) is 38.9 Å². The minimum absolute atomic E-state index is 0.0690. The molecule has 172 valence electrons. The van der Waals surface area contributed by atoms with Crippen LogP contribution in [0.4, 0.5) is 10.1 Å². The number of nitrogens with zero attached hydrogens (tertiary/aromatic N) is 3. The fraction of sp³-hybridized carbons (Fsp3) is 0.120. The summed E-state index contributed by atoms with van der Waals surface area (Å²) < 4.78 is 15.3. The maximum Gasteiger partial charge on any atom is 0.251 e. The third-order valence-corrected chi connectivity index (χ3v) is 5.76. The second kappa shape index (κ2) is 10.8. The van der Waals surface area contributed by atoms with Crippen molar-refractivity contribution in [2.75, 3.05) is 17.6 Å². The van der Waals surface area contributed by atoms with Gasteiger partial charge in [-0.15, -0.1) is 10.2 Å². The Morgan fingerprint density at radius 3 is 2.47 bits per heavy atom. The molecule has 0 fully saturated rings. The zero-order valence-corrected chi connectivity index (χ0v) is 19.2. The molecule has 4 rings (SSSR count). The monoisotopic (exact) mass is 475 g/mol. The molecule has 0 radical (unpaired) electrons. The number of benzene rings is 3. The largest absolute Gasteiger partial charge is 0.352 e. The van der Waals surface area contributed by atoms with Crippen LogP contribution >= 0.6 is 11.8 Å². The lowest BCUT2D eigenvalue weighted by molar-refractivity contribution is -0.113. The van der Waals surface area contributed by atoms with Crippen molar-refractivity contribution in [3.8, 4) is 17.1 Å². The lowest BCUT2D eigenvalue weighted by Gasteiger charge is -2.11. The van der Waals surface area contributed by atoms with Gasteiger partial charge in [0.15, 0.2) is 11.0 Å². The van der Waals surface area contributed by atoms with Crippen molar-refractivity contribution in [3.63, 3.8) is 0 Å². The predicted octanol–water partition coefficient (Wildman–Crippen LogP) is 4.55. The number of thioether (sulfide) groups is 1. The number of rotatable bonds is 8. The van der Waals surface area contributed by atoms with E-state index in [0.29, 0.717) is 34.5 Å². The average molecular weight is 476 g/mol. The first-order valence-electron chi connectivity index (χ1n) is 10.6. The summed E-state index contributed by atoms with van der Waals surface area (Å²) in [6, 6.07) is 22.3. The Bertz CT molecular complexity index is 1290. The highest BCUT2D eigenvalue weighted by Crippen LogP contribution is 2.28. The van der Waals surface area contributed by atoms with Crippen molar-refractivity contribution in [1.82, 2.24) is 20.1 Å². The van der Waals surface area contributed by atoms with E-state index >= 15 is 0 Å². The van der Waals surface area contributed by atoms with Gasteiger partial charge in [0.2, 0.25) is 5.91 Å². The van der Waals surface area contributed by atoms with E-state index in [2.05, 4.69) is 20.8 Å². The predicted molar refractivity (Wildman–Crippen MR) is 131 cm³/mol. The highest BCUT2D eigenvalue weighted by atomic mass is 32.2. The SMILES string of the molecule is CCNC(=O)c1cccc(NC(=O)CSc2nnc(-c3ccccc3)n2-c2ccc(F)cc2)c1. The van der Waals surface area contributed by atoms with Gasteiger partial charge in [0, 0.05) is 29.0 Å². The molecule has 0 atom stereocenters. The van der Waals surface area contributed by atoms with Crippen molar-refractivity contribution >= 4 is 29.3 Å². The van der Waals surface area contributed by atoms with Gasteiger partial charge in [0.1, 0.15) is 5.82 Å². The number of carbonyl (C=O) groups is 2. The molecule has 0 saturated heterocycles. The summed E-state index contributed by atoms with van der Waals surface area (Å²) in [4.78, 5) is 24.7. The molecule has 0 bridgehead atoms. The zero-order chi connectivity index (χ0) is 23.9. The smallest absolute Gasteiger partial charge is 0.251 e. The number of amides is 2. The van der Waals surface area contributed by atoms with E-state index in [1.807, 2.05) is 37.3 Å². The van der Waals surface area contributed by atoms with Crippen molar-refractivity contribution < 1.29 is 14.0 Å². The molecule has 9 heteroatoms. The Morgan fingerprint density at radius 2 is 1.74 bits per heavy atom. The first kappa shape index (κ1) is 23.2. The van der Waals surface area contributed by atoms with Crippen LogP contribution in [0.15, 0.2) is 84.0 Å². The molecule has 3 aromatic carbocycles. The minimum atomic E-state index is -0.346. The summed E-state index contributed by atoms with van der Waals surface area (Å²) in [5.74, 6) is -0.146. The molecule has 1 aromatic heterocycles. The number of hydrogen-bond acceptors (Lipinski definition) is 5. The molecule has 2 N–H and O–H groups in total. The Kier molecular flexibility index (Phi) is 7.34. The van der Waals surface area contributed by atoms with Gasteiger partial charge in [0.25, 0.3) is 5.91 Å². The quantitative estimate of drug-likeness (QED) is 0.365. The normalized spacial score (nSPS) is 10.6. The van der Waals surface area contributed by atoms with Gasteiger partial charge in [-0.05, 0) is 49.4 Å². The summed E-state index contributed by atoms with van der Waals surface area (Å²) in [6.45, 7) is 2.36. The van der Waals surface area contributed by atoms with Gasteiger partial charge in [-0.3, -0.25) is 14.2 Å². The molecule has 4 aromatic rings. The van der Waals surface area contributed by atoms with Gasteiger partial charge in [-0.25, -0.2) is 4.39 Å². The van der Waals surface area contributed by atoms with Gasteiger partial charge in [-0.2, -0.15) is 0 Å². The Balaban J connectivity index is 1.52. The third-order valence-electron chi connectivity index (χ3n) is 4.83. The number of halogens is 1. The van der Waals surface area contributed by atoms with E-state index < -0.39 is 0 Å². The van der Waals surface area contributed by atoms with E-state index in [1.54, 1.807) is 41.0 Å². The maximum atomic E-state index is 13.5. The molecule has 2 amide bonds. The molecular formula is C25H22FN5O2S. The fourth-order valence-electron chi connectivity index (χ4n) is 3.29. The zero-order valence-electron chi connectivity index (χ0n) is 18.4. The Morgan fingerprint density at radius 1 is 0.971 bits per heavy atom. The molecular weight excluding hydrogens is 453 g/mol. The van der Waals surface area contributed by atoms with Crippen LogP contribution in [0, 0.1) is 5.82 Å². The lowest BCUT2D eigenvalue weighted by atomic mass is 10.2.